The zero-order chi connectivity index (χ0) is 25.9. The Kier molecular flexibility index (Phi) is 8.57. The summed E-state index contributed by atoms with van der Waals surface area (Å²) in [6, 6.07) is 3.94. The van der Waals surface area contributed by atoms with Gasteiger partial charge in [-0.1, -0.05) is 26.3 Å². The number of ether oxygens (including phenoxy) is 1. The van der Waals surface area contributed by atoms with Crippen LogP contribution in [0.2, 0.25) is 0 Å². The molecule has 1 amide bonds. The van der Waals surface area contributed by atoms with Crippen LogP contribution in [-0.4, -0.2) is 27.9 Å². The van der Waals surface area contributed by atoms with Crippen LogP contribution in [0.25, 0.3) is 5.70 Å². The van der Waals surface area contributed by atoms with Gasteiger partial charge in [0.2, 0.25) is 0 Å². The molecule has 0 aliphatic heterocycles. The van der Waals surface area contributed by atoms with Gasteiger partial charge in [-0.3, -0.25) is 4.90 Å². The highest BCUT2D eigenvalue weighted by Crippen LogP contribution is 2.36. The summed E-state index contributed by atoms with van der Waals surface area (Å²) in [6.07, 6.45) is 6.35. The molecule has 0 fully saturated rings. The molecule has 0 saturated carbocycles. The Bertz CT molecular complexity index is 1100. The van der Waals surface area contributed by atoms with Crippen LogP contribution < -0.4 is 10.2 Å². The maximum atomic E-state index is 13.7. The fourth-order valence-electron chi connectivity index (χ4n) is 4.27. The van der Waals surface area contributed by atoms with Gasteiger partial charge >= 0.3 is 6.09 Å². The van der Waals surface area contributed by atoms with Crippen LogP contribution in [0, 0.1) is 19.8 Å². The third-order valence-corrected chi connectivity index (χ3v) is 6.85. The fraction of sp³-hybridized carbons (Fsp3) is 0.556. The number of aryl methyl sites for hydroxylation is 1. The van der Waals surface area contributed by atoms with E-state index in [1.165, 1.54) is 8.99 Å². The lowest BCUT2D eigenvalue weighted by Crippen LogP contribution is -2.34. The van der Waals surface area contributed by atoms with E-state index in [4.69, 9.17) is 4.74 Å². The molecule has 1 aliphatic carbocycles. The van der Waals surface area contributed by atoms with E-state index in [0.29, 0.717) is 5.92 Å². The summed E-state index contributed by atoms with van der Waals surface area (Å²) in [5.74, 6) is 0.533. The van der Waals surface area contributed by atoms with E-state index in [-0.39, 0.29) is 12.3 Å². The standard InChI is InChI=1S/C27H39FN4O2S/c1-9-10-11-22(25-21-14-17(2)12-13-24(21)32(30-25)35-28)29-23-16-20(15-18(3)19(23)4)31(8)26(33)34-27(5,6)7/h11,15-17,29H,9-10,12-14H2,1-8H3/b22-11+/t17-/m0/s1. The average Bonchev–Trinajstić information content (AvgIpc) is 3.15. The van der Waals surface area contributed by atoms with Crippen LogP contribution in [0.15, 0.2) is 18.2 Å². The number of rotatable bonds is 7. The van der Waals surface area contributed by atoms with E-state index >= 15 is 0 Å². The summed E-state index contributed by atoms with van der Waals surface area (Å²) in [5.41, 5.74) is 6.97. The first kappa shape index (κ1) is 27.1. The molecule has 0 saturated heterocycles. The smallest absolute Gasteiger partial charge is 0.414 e. The molecule has 1 aromatic heterocycles. The summed E-state index contributed by atoms with van der Waals surface area (Å²) in [5, 5.41) is 8.26. The first-order valence-electron chi connectivity index (χ1n) is 12.4. The number of hydrogen-bond acceptors (Lipinski definition) is 5. The second kappa shape index (κ2) is 11.1. The predicted octanol–water partition coefficient (Wildman–Crippen LogP) is 7.63. The van der Waals surface area contributed by atoms with Crippen LogP contribution >= 0.6 is 12.3 Å². The van der Waals surface area contributed by atoms with Gasteiger partial charge < -0.3 is 10.1 Å². The molecule has 35 heavy (non-hydrogen) atoms. The molecule has 192 valence electrons. The number of allylic oxidation sites excluding steroid dienone is 1. The molecule has 0 unspecified atom stereocenters. The Balaban J connectivity index is 2.02. The van der Waals surface area contributed by atoms with Crippen LogP contribution in [0.4, 0.5) is 20.1 Å². The van der Waals surface area contributed by atoms with Gasteiger partial charge in [0.05, 0.1) is 11.4 Å². The van der Waals surface area contributed by atoms with Gasteiger partial charge in [-0.2, -0.15) is 9.19 Å². The molecule has 0 bridgehead atoms. The Labute approximate surface area is 213 Å². The molecule has 1 aliphatic rings. The van der Waals surface area contributed by atoms with Gasteiger partial charge in [-0.05, 0) is 89.5 Å². The Morgan fingerprint density at radius 1 is 1.37 bits per heavy atom. The minimum absolute atomic E-state index is 0.165. The number of carbonyl (C=O) groups excluding carboxylic acids is 1. The molecule has 8 heteroatoms. The van der Waals surface area contributed by atoms with E-state index in [9.17, 15) is 8.68 Å². The van der Waals surface area contributed by atoms with Gasteiger partial charge in [0.1, 0.15) is 11.3 Å². The number of nitrogens with zero attached hydrogens (tertiary/aromatic N) is 3. The largest absolute Gasteiger partial charge is 0.443 e. The molecule has 0 spiro atoms. The van der Waals surface area contributed by atoms with Gasteiger partial charge in [0.25, 0.3) is 0 Å². The maximum absolute atomic E-state index is 13.7. The minimum Gasteiger partial charge on any atom is -0.443 e. The van der Waals surface area contributed by atoms with Crippen molar-refractivity contribution in [3.05, 3.63) is 46.3 Å². The number of benzene rings is 1. The summed E-state index contributed by atoms with van der Waals surface area (Å²) < 4.78 is 20.7. The normalized spacial score (nSPS) is 16.1. The third-order valence-electron chi connectivity index (χ3n) is 6.42. The number of hydrogen-bond donors (Lipinski definition) is 1. The van der Waals surface area contributed by atoms with Crippen molar-refractivity contribution in [2.75, 3.05) is 17.3 Å². The first-order valence-corrected chi connectivity index (χ1v) is 13.1. The van der Waals surface area contributed by atoms with Crippen molar-refractivity contribution in [3.8, 4) is 0 Å². The van der Waals surface area contributed by atoms with Crippen molar-refractivity contribution in [1.82, 2.24) is 9.19 Å². The number of aromatic nitrogens is 2. The second-order valence-corrected chi connectivity index (χ2v) is 11.1. The lowest BCUT2D eigenvalue weighted by molar-refractivity contribution is 0.0589. The fourth-order valence-corrected chi connectivity index (χ4v) is 4.67. The summed E-state index contributed by atoms with van der Waals surface area (Å²) in [4.78, 5) is 14.2. The quantitative estimate of drug-likeness (QED) is 0.422. The van der Waals surface area contributed by atoms with Crippen molar-refractivity contribution >= 4 is 35.5 Å². The van der Waals surface area contributed by atoms with Crippen molar-refractivity contribution < 1.29 is 13.4 Å². The van der Waals surface area contributed by atoms with Crippen LogP contribution in [0.5, 0.6) is 0 Å². The van der Waals surface area contributed by atoms with Gasteiger partial charge in [-0.25, -0.2) is 4.79 Å². The van der Waals surface area contributed by atoms with Crippen molar-refractivity contribution in [3.63, 3.8) is 0 Å². The lowest BCUT2D eigenvalue weighted by Gasteiger charge is -2.26. The second-order valence-electron chi connectivity index (χ2n) is 10.6. The van der Waals surface area contributed by atoms with E-state index < -0.39 is 11.7 Å². The monoisotopic (exact) mass is 502 g/mol. The van der Waals surface area contributed by atoms with E-state index in [0.717, 1.165) is 77.3 Å². The number of anilines is 2. The topological polar surface area (TPSA) is 59.4 Å². The number of halogens is 1. The highest BCUT2D eigenvalue weighted by Gasteiger charge is 2.27. The van der Waals surface area contributed by atoms with Crippen LogP contribution in [-0.2, 0) is 17.6 Å². The Morgan fingerprint density at radius 3 is 2.71 bits per heavy atom. The number of fused-ring (bicyclic) bond motifs is 1. The first-order chi connectivity index (χ1) is 16.4. The Hall–Kier alpha value is -2.48. The number of unbranched alkanes of at least 4 members (excludes halogenated alkanes) is 1. The van der Waals surface area contributed by atoms with Crippen molar-refractivity contribution in [2.45, 2.75) is 86.2 Å². The van der Waals surface area contributed by atoms with Crippen molar-refractivity contribution in [1.29, 1.82) is 0 Å². The van der Waals surface area contributed by atoms with Crippen molar-refractivity contribution in [2.24, 2.45) is 5.92 Å². The lowest BCUT2D eigenvalue weighted by atomic mass is 9.87. The predicted molar refractivity (Wildman–Crippen MR) is 145 cm³/mol. The zero-order valence-electron chi connectivity index (χ0n) is 22.3. The third kappa shape index (κ3) is 6.40. The molecule has 1 atom stereocenters. The summed E-state index contributed by atoms with van der Waals surface area (Å²) in [6.45, 7) is 14.0. The maximum Gasteiger partial charge on any atom is 0.414 e. The number of nitrogens with one attached hydrogen (secondary N) is 1. The SMILES string of the molecule is CCC/C=C(/Nc1cc(N(C)C(=O)OC(C)(C)C)cc(C)c1C)c1nn(SF)c2c1C[C@@H](C)CC2. The van der Waals surface area contributed by atoms with Crippen LogP contribution in [0.1, 0.15) is 82.0 Å². The minimum atomic E-state index is -0.578. The number of amides is 1. The summed E-state index contributed by atoms with van der Waals surface area (Å²) in [7, 11) is 1.72. The van der Waals surface area contributed by atoms with Crippen LogP contribution in [0.3, 0.4) is 0 Å². The molecule has 3 rings (SSSR count). The molecule has 0 radical (unpaired) electrons. The highest BCUT2D eigenvalue weighted by molar-refractivity contribution is 7.92. The molecular weight excluding hydrogens is 463 g/mol. The summed E-state index contributed by atoms with van der Waals surface area (Å²) >= 11 is 0.165. The van der Waals surface area contributed by atoms with E-state index in [2.05, 4.69) is 37.3 Å². The molecule has 1 N–H and O–H groups in total. The number of carbonyl (C=O) groups is 1. The zero-order valence-corrected chi connectivity index (χ0v) is 23.1. The average molecular weight is 503 g/mol. The molecule has 2 aromatic rings. The highest BCUT2D eigenvalue weighted by atomic mass is 32.2. The Morgan fingerprint density at radius 2 is 2.09 bits per heavy atom. The van der Waals surface area contributed by atoms with Gasteiger partial charge in [0.15, 0.2) is 12.3 Å². The van der Waals surface area contributed by atoms with E-state index in [1.54, 1.807) is 7.05 Å². The molecular formula is C27H39FN4O2S. The van der Waals surface area contributed by atoms with E-state index in [1.807, 2.05) is 39.8 Å². The molecule has 1 aromatic carbocycles. The molecule has 1 heterocycles. The van der Waals surface area contributed by atoms with Gasteiger partial charge in [-0.15, -0.1) is 3.89 Å². The van der Waals surface area contributed by atoms with Gasteiger partial charge in [0, 0.05) is 24.0 Å². The molecule has 6 nitrogen and oxygen atoms in total.